The Labute approximate surface area is 150 Å². The molecule has 1 aliphatic rings. The predicted octanol–water partition coefficient (Wildman–Crippen LogP) is 3.59. The van der Waals surface area contributed by atoms with Crippen molar-refractivity contribution in [1.82, 2.24) is 19.6 Å². The molecule has 0 unspecified atom stereocenters. The lowest BCUT2D eigenvalue weighted by molar-refractivity contribution is 0.0994. The van der Waals surface area contributed by atoms with Gasteiger partial charge in [-0.05, 0) is 63.3 Å². The predicted molar refractivity (Wildman–Crippen MR) is 98.4 cm³/mol. The standard InChI is InChI=1S/C19H20N4OS/c1-11-9-12(2)23-18(20-11)21-19(22-23)25-13(3)17(24)16-8-7-14-5-4-6-15(14)10-16/h7-10,13H,4-6H2,1-3H3/t13-/m0/s1. The number of aromatic nitrogens is 4. The number of benzene rings is 1. The SMILES string of the molecule is Cc1cc(C)n2nc(S[C@@H](C)C(=O)c3ccc4c(c3)CCC4)nc2n1. The third-order valence-electron chi connectivity index (χ3n) is 4.63. The summed E-state index contributed by atoms with van der Waals surface area (Å²) in [4.78, 5) is 21.6. The maximum absolute atomic E-state index is 12.8. The van der Waals surface area contributed by atoms with E-state index in [9.17, 15) is 4.79 Å². The van der Waals surface area contributed by atoms with Crippen LogP contribution in [0.2, 0.25) is 0 Å². The first kappa shape index (κ1) is 16.3. The number of rotatable bonds is 4. The molecule has 6 heteroatoms. The van der Waals surface area contributed by atoms with E-state index in [2.05, 4.69) is 27.2 Å². The molecule has 2 aromatic heterocycles. The zero-order valence-electron chi connectivity index (χ0n) is 14.6. The van der Waals surface area contributed by atoms with Crippen LogP contribution in [0, 0.1) is 13.8 Å². The molecule has 2 heterocycles. The van der Waals surface area contributed by atoms with Crippen LogP contribution in [-0.2, 0) is 12.8 Å². The van der Waals surface area contributed by atoms with Gasteiger partial charge in [0, 0.05) is 17.0 Å². The molecule has 0 radical (unpaired) electrons. The molecule has 0 saturated carbocycles. The Hall–Kier alpha value is -2.21. The van der Waals surface area contributed by atoms with Crippen LogP contribution in [0.25, 0.3) is 5.78 Å². The van der Waals surface area contributed by atoms with E-state index >= 15 is 0 Å². The highest BCUT2D eigenvalue weighted by atomic mass is 32.2. The summed E-state index contributed by atoms with van der Waals surface area (Å²) in [5.74, 6) is 0.705. The number of hydrogen-bond acceptors (Lipinski definition) is 5. The summed E-state index contributed by atoms with van der Waals surface area (Å²) in [5.41, 5.74) is 5.39. The van der Waals surface area contributed by atoms with Crippen molar-refractivity contribution in [2.75, 3.05) is 0 Å². The highest BCUT2D eigenvalue weighted by Gasteiger charge is 2.21. The van der Waals surface area contributed by atoms with Crippen LogP contribution >= 0.6 is 11.8 Å². The number of aryl methyl sites for hydroxylation is 4. The highest BCUT2D eigenvalue weighted by Crippen LogP contribution is 2.27. The van der Waals surface area contributed by atoms with Crippen LogP contribution in [0.4, 0.5) is 0 Å². The molecule has 0 fully saturated rings. The van der Waals surface area contributed by atoms with E-state index < -0.39 is 0 Å². The molecule has 0 saturated heterocycles. The Bertz CT molecular complexity index is 979. The number of thioether (sulfide) groups is 1. The van der Waals surface area contributed by atoms with Gasteiger partial charge in [-0.3, -0.25) is 4.79 Å². The summed E-state index contributed by atoms with van der Waals surface area (Å²) in [6, 6.07) is 8.09. The first-order valence-electron chi connectivity index (χ1n) is 8.55. The molecule has 0 N–H and O–H groups in total. The minimum absolute atomic E-state index is 0.124. The summed E-state index contributed by atoms with van der Waals surface area (Å²) in [6.07, 6.45) is 3.40. The minimum Gasteiger partial charge on any atom is -0.293 e. The Kier molecular flexibility index (Phi) is 4.07. The zero-order valence-corrected chi connectivity index (χ0v) is 15.4. The fraction of sp³-hybridized carbons (Fsp3) is 0.368. The Balaban J connectivity index is 1.56. The van der Waals surface area contributed by atoms with Gasteiger partial charge in [0.1, 0.15) is 0 Å². The van der Waals surface area contributed by atoms with Gasteiger partial charge < -0.3 is 0 Å². The summed E-state index contributed by atoms with van der Waals surface area (Å²) < 4.78 is 1.72. The van der Waals surface area contributed by atoms with E-state index in [1.165, 1.54) is 29.3 Å². The largest absolute Gasteiger partial charge is 0.293 e. The van der Waals surface area contributed by atoms with E-state index in [4.69, 9.17) is 0 Å². The van der Waals surface area contributed by atoms with Crippen molar-refractivity contribution in [3.63, 3.8) is 0 Å². The number of ketones is 1. The molecule has 0 bridgehead atoms. The van der Waals surface area contributed by atoms with Crippen LogP contribution in [0.1, 0.15) is 46.2 Å². The van der Waals surface area contributed by atoms with Crippen molar-refractivity contribution in [3.8, 4) is 0 Å². The second-order valence-electron chi connectivity index (χ2n) is 6.61. The average molecular weight is 352 g/mol. The molecule has 0 aliphatic heterocycles. The van der Waals surface area contributed by atoms with Crippen LogP contribution in [0.15, 0.2) is 29.4 Å². The fourth-order valence-corrected chi connectivity index (χ4v) is 4.19. The average Bonchev–Trinajstić information content (AvgIpc) is 3.19. The number of Topliss-reactive ketones (excluding diaryl/α,β-unsaturated/α-hetero) is 1. The summed E-state index contributed by atoms with van der Waals surface area (Å²) >= 11 is 1.39. The number of carbonyl (C=O) groups excluding carboxylic acids is 1. The van der Waals surface area contributed by atoms with Gasteiger partial charge in [-0.25, -0.2) is 9.50 Å². The van der Waals surface area contributed by atoms with Crippen molar-refractivity contribution in [1.29, 1.82) is 0 Å². The van der Waals surface area contributed by atoms with Gasteiger partial charge >= 0.3 is 0 Å². The van der Waals surface area contributed by atoms with E-state index in [1.807, 2.05) is 32.9 Å². The van der Waals surface area contributed by atoms with Crippen molar-refractivity contribution in [2.45, 2.75) is 50.4 Å². The quantitative estimate of drug-likeness (QED) is 0.530. The van der Waals surface area contributed by atoms with E-state index in [0.29, 0.717) is 10.9 Å². The van der Waals surface area contributed by atoms with Gasteiger partial charge in [-0.15, -0.1) is 5.10 Å². The van der Waals surface area contributed by atoms with Crippen molar-refractivity contribution >= 4 is 23.3 Å². The summed E-state index contributed by atoms with van der Waals surface area (Å²) in [5, 5.41) is 4.83. The molecular formula is C19H20N4OS. The number of hydrogen-bond donors (Lipinski definition) is 0. The van der Waals surface area contributed by atoms with Gasteiger partial charge in [-0.1, -0.05) is 23.9 Å². The van der Waals surface area contributed by atoms with E-state index in [1.54, 1.807) is 4.52 Å². The number of fused-ring (bicyclic) bond motifs is 2. The second-order valence-corrected chi connectivity index (χ2v) is 7.91. The lowest BCUT2D eigenvalue weighted by atomic mass is 10.0. The van der Waals surface area contributed by atoms with E-state index in [-0.39, 0.29) is 11.0 Å². The zero-order chi connectivity index (χ0) is 17.6. The Morgan fingerprint density at radius 1 is 1.16 bits per heavy atom. The maximum atomic E-state index is 12.8. The fourth-order valence-electron chi connectivity index (χ4n) is 3.37. The second kappa shape index (κ2) is 6.26. The Morgan fingerprint density at radius 2 is 1.96 bits per heavy atom. The van der Waals surface area contributed by atoms with Gasteiger partial charge in [0.05, 0.1) is 5.25 Å². The first-order valence-corrected chi connectivity index (χ1v) is 9.43. The van der Waals surface area contributed by atoms with Crippen LogP contribution < -0.4 is 0 Å². The molecular weight excluding hydrogens is 332 g/mol. The summed E-state index contributed by atoms with van der Waals surface area (Å²) in [7, 11) is 0. The third kappa shape index (κ3) is 3.06. The number of nitrogens with zero attached hydrogens (tertiary/aromatic N) is 4. The summed E-state index contributed by atoms with van der Waals surface area (Å²) in [6.45, 7) is 5.83. The minimum atomic E-state index is -0.238. The molecule has 1 aromatic carbocycles. The lowest BCUT2D eigenvalue weighted by Gasteiger charge is -2.09. The molecule has 25 heavy (non-hydrogen) atoms. The highest BCUT2D eigenvalue weighted by molar-refractivity contribution is 8.00. The van der Waals surface area contributed by atoms with Crippen molar-refractivity contribution in [2.24, 2.45) is 0 Å². The molecule has 5 nitrogen and oxygen atoms in total. The molecule has 0 amide bonds. The van der Waals surface area contributed by atoms with Gasteiger partial charge in [0.2, 0.25) is 5.16 Å². The smallest absolute Gasteiger partial charge is 0.253 e. The topological polar surface area (TPSA) is 60.2 Å². The lowest BCUT2D eigenvalue weighted by Crippen LogP contribution is -2.14. The van der Waals surface area contributed by atoms with Crippen LogP contribution in [0.3, 0.4) is 0 Å². The van der Waals surface area contributed by atoms with E-state index in [0.717, 1.165) is 29.8 Å². The third-order valence-corrected chi connectivity index (χ3v) is 5.58. The Morgan fingerprint density at radius 3 is 2.80 bits per heavy atom. The van der Waals surface area contributed by atoms with Crippen molar-refractivity contribution in [3.05, 3.63) is 52.3 Å². The normalized spacial score (nSPS) is 14.7. The van der Waals surface area contributed by atoms with Gasteiger partial charge in [-0.2, -0.15) is 4.98 Å². The molecule has 128 valence electrons. The monoisotopic (exact) mass is 352 g/mol. The molecule has 1 atom stereocenters. The molecule has 4 rings (SSSR count). The van der Waals surface area contributed by atoms with Crippen LogP contribution in [0.5, 0.6) is 0 Å². The first-order chi connectivity index (χ1) is 12.0. The molecule has 0 spiro atoms. The molecule has 1 aliphatic carbocycles. The van der Waals surface area contributed by atoms with Gasteiger partial charge in [0.15, 0.2) is 5.78 Å². The van der Waals surface area contributed by atoms with Crippen LogP contribution in [-0.4, -0.2) is 30.6 Å². The number of carbonyl (C=O) groups is 1. The molecule has 3 aromatic rings. The maximum Gasteiger partial charge on any atom is 0.253 e. The van der Waals surface area contributed by atoms with Gasteiger partial charge in [0.25, 0.3) is 5.78 Å². The van der Waals surface area contributed by atoms with Crippen molar-refractivity contribution < 1.29 is 4.79 Å².